The summed E-state index contributed by atoms with van der Waals surface area (Å²) < 4.78 is 30.3. The van der Waals surface area contributed by atoms with Crippen LogP contribution in [0.1, 0.15) is 18.9 Å². The number of rotatable bonds is 4. The summed E-state index contributed by atoms with van der Waals surface area (Å²) in [6.07, 6.45) is 1.50. The van der Waals surface area contributed by atoms with E-state index in [0.29, 0.717) is 11.2 Å². The third-order valence-electron chi connectivity index (χ3n) is 6.18. The highest BCUT2D eigenvalue weighted by atomic mass is 19.3. The Labute approximate surface area is 171 Å². The molecule has 5 rings (SSSR count). The molecule has 4 aromatic rings. The van der Waals surface area contributed by atoms with Crippen molar-refractivity contribution in [3.05, 3.63) is 58.6 Å². The van der Waals surface area contributed by atoms with Gasteiger partial charge < -0.3 is 0 Å². The van der Waals surface area contributed by atoms with Gasteiger partial charge in [0, 0.05) is 37.3 Å². The van der Waals surface area contributed by atoms with Crippen molar-refractivity contribution in [2.24, 2.45) is 12.5 Å². The van der Waals surface area contributed by atoms with Crippen molar-refractivity contribution in [1.29, 1.82) is 0 Å². The number of pyridine rings is 1. The molecule has 0 bridgehead atoms. The molecule has 0 radical (unpaired) electrons. The minimum absolute atomic E-state index is 0.0223. The maximum atomic E-state index is 13.7. The summed E-state index contributed by atoms with van der Waals surface area (Å²) >= 11 is 0. The van der Waals surface area contributed by atoms with Gasteiger partial charge in [0.25, 0.3) is 5.92 Å². The number of alkyl halides is 2. The number of aromatic nitrogens is 5. The van der Waals surface area contributed by atoms with E-state index >= 15 is 0 Å². The van der Waals surface area contributed by atoms with Gasteiger partial charge in [-0.05, 0) is 36.8 Å². The highest BCUT2D eigenvalue weighted by Crippen LogP contribution is 2.61. The second-order valence-electron chi connectivity index (χ2n) is 8.41. The van der Waals surface area contributed by atoms with Crippen LogP contribution in [0.25, 0.3) is 33.7 Å². The van der Waals surface area contributed by atoms with Crippen LogP contribution in [0.3, 0.4) is 0 Å². The molecule has 6 nitrogen and oxygen atoms in total. The molecular formula is C22H21F2N5O. The number of halogens is 2. The third-order valence-corrected chi connectivity index (χ3v) is 6.18. The van der Waals surface area contributed by atoms with Gasteiger partial charge in [0.1, 0.15) is 0 Å². The molecule has 1 fully saturated rings. The lowest BCUT2D eigenvalue weighted by atomic mass is 10.0. The molecule has 3 aromatic heterocycles. The third kappa shape index (κ3) is 2.70. The van der Waals surface area contributed by atoms with Gasteiger partial charge in [0.15, 0.2) is 5.65 Å². The molecule has 0 amide bonds. The zero-order valence-electron chi connectivity index (χ0n) is 16.9. The van der Waals surface area contributed by atoms with Gasteiger partial charge in [-0.2, -0.15) is 5.10 Å². The van der Waals surface area contributed by atoms with Gasteiger partial charge in [-0.25, -0.2) is 18.6 Å². The molecule has 1 atom stereocenters. The number of aromatic amines is 1. The molecule has 0 spiro atoms. The van der Waals surface area contributed by atoms with Crippen molar-refractivity contribution < 1.29 is 8.78 Å². The van der Waals surface area contributed by atoms with Gasteiger partial charge in [0.05, 0.1) is 22.3 Å². The standard InChI is InChI=1S/C22H21F2N5O/c1-13-4-5-14(16-8-9-25-27-16)10-15(13)17-6-7-18-19(26-17)28(3)20(30)29(18)12-21(2)11-22(21,23)24/h4-10H,11-12H2,1-3H3,(H,25,27)/t21-/m0/s1. The van der Waals surface area contributed by atoms with Gasteiger partial charge in [-0.15, -0.1) is 0 Å². The highest BCUT2D eigenvalue weighted by molar-refractivity contribution is 5.79. The number of benzene rings is 1. The van der Waals surface area contributed by atoms with Crippen molar-refractivity contribution in [3.63, 3.8) is 0 Å². The van der Waals surface area contributed by atoms with Crippen LogP contribution in [-0.2, 0) is 13.6 Å². The lowest BCUT2D eigenvalue weighted by Gasteiger charge is -2.11. The average Bonchev–Trinajstić information content (AvgIpc) is 3.09. The summed E-state index contributed by atoms with van der Waals surface area (Å²) in [4.78, 5) is 17.5. The van der Waals surface area contributed by atoms with Crippen LogP contribution in [0.5, 0.6) is 0 Å². The number of aryl methyl sites for hydroxylation is 2. The summed E-state index contributed by atoms with van der Waals surface area (Å²) in [5.74, 6) is -2.73. The van der Waals surface area contributed by atoms with Crippen LogP contribution >= 0.6 is 0 Å². The molecule has 1 aromatic carbocycles. The normalized spacial score (nSPS) is 20.0. The largest absolute Gasteiger partial charge is 0.330 e. The number of imidazole rings is 1. The lowest BCUT2D eigenvalue weighted by molar-refractivity contribution is 0.0637. The number of hydrogen-bond donors (Lipinski definition) is 1. The first-order chi connectivity index (χ1) is 14.2. The van der Waals surface area contributed by atoms with Crippen molar-refractivity contribution >= 4 is 11.2 Å². The zero-order valence-corrected chi connectivity index (χ0v) is 16.9. The summed E-state index contributed by atoms with van der Waals surface area (Å²) in [7, 11) is 1.62. The Bertz CT molecular complexity index is 1340. The second-order valence-corrected chi connectivity index (χ2v) is 8.41. The molecule has 8 heteroatoms. The van der Waals surface area contributed by atoms with E-state index in [4.69, 9.17) is 4.98 Å². The Hall–Kier alpha value is -3.29. The van der Waals surface area contributed by atoms with Crippen molar-refractivity contribution in [1.82, 2.24) is 24.3 Å². The molecule has 1 aliphatic carbocycles. The Kier molecular flexibility index (Phi) is 3.81. The molecule has 154 valence electrons. The Balaban J connectivity index is 1.61. The van der Waals surface area contributed by atoms with Crippen molar-refractivity contribution in [2.45, 2.75) is 32.7 Å². The minimum atomic E-state index is -2.73. The first-order valence-electron chi connectivity index (χ1n) is 9.75. The number of H-pyrrole nitrogens is 1. The SMILES string of the molecule is Cc1ccc(-c2ccn[nH]2)cc1-c1ccc2c(n1)n(C)c(=O)n2C[C@]1(C)CC1(F)F. The van der Waals surface area contributed by atoms with E-state index in [-0.39, 0.29) is 18.7 Å². The average molecular weight is 409 g/mol. The van der Waals surface area contributed by atoms with E-state index in [0.717, 1.165) is 28.1 Å². The fourth-order valence-corrected chi connectivity index (χ4v) is 4.02. The van der Waals surface area contributed by atoms with Crippen LogP contribution in [-0.4, -0.2) is 30.2 Å². The highest BCUT2D eigenvalue weighted by Gasteiger charge is 2.68. The molecule has 3 heterocycles. The Morgan fingerprint density at radius 3 is 2.63 bits per heavy atom. The molecule has 30 heavy (non-hydrogen) atoms. The minimum Gasteiger partial charge on any atom is -0.290 e. The maximum absolute atomic E-state index is 13.7. The number of nitrogens with zero attached hydrogens (tertiary/aromatic N) is 4. The topological polar surface area (TPSA) is 68.5 Å². The monoisotopic (exact) mass is 409 g/mol. The van der Waals surface area contributed by atoms with E-state index in [9.17, 15) is 13.6 Å². The van der Waals surface area contributed by atoms with Crippen LogP contribution in [0.4, 0.5) is 8.78 Å². The van der Waals surface area contributed by atoms with E-state index in [1.807, 2.05) is 37.3 Å². The smallest absolute Gasteiger partial charge is 0.290 e. The summed E-state index contributed by atoms with van der Waals surface area (Å²) in [5, 5.41) is 6.95. The van der Waals surface area contributed by atoms with Gasteiger partial charge in [-0.3, -0.25) is 14.2 Å². The molecule has 1 saturated carbocycles. The van der Waals surface area contributed by atoms with Gasteiger partial charge >= 0.3 is 5.69 Å². The second kappa shape index (κ2) is 6.10. The molecule has 1 aliphatic rings. The quantitative estimate of drug-likeness (QED) is 0.551. The van der Waals surface area contributed by atoms with E-state index in [1.54, 1.807) is 19.3 Å². The number of fused-ring (bicyclic) bond motifs is 1. The Morgan fingerprint density at radius 2 is 1.97 bits per heavy atom. The molecule has 0 unspecified atom stereocenters. The summed E-state index contributed by atoms with van der Waals surface area (Å²) in [6, 6.07) is 11.6. The van der Waals surface area contributed by atoms with Crippen molar-refractivity contribution in [3.8, 4) is 22.5 Å². The fraction of sp³-hybridized carbons (Fsp3) is 0.318. The first-order valence-corrected chi connectivity index (χ1v) is 9.75. The zero-order chi connectivity index (χ0) is 21.3. The maximum Gasteiger partial charge on any atom is 0.330 e. The molecular weight excluding hydrogens is 388 g/mol. The predicted octanol–water partition coefficient (Wildman–Crippen LogP) is 4.15. The summed E-state index contributed by atoms with van der Waals surface area (Å²) in [6.45, 7) is 3.49. The lowest BCUT2D eigenvalue weighted by Crippen LogP contribution is -2.27. The van der Waals surface area contributed by atoms with Crippen molar-refractivity contribution in [2.75, 3.05) is 0 Å². The molecule has 1 N–H and O–H groups in total. The molecule has 0 saturated heterocycles. The van der Waals surface area contributed by atoms with Crippen LogP contribution in [0.2, 0.25) is 0 Å². The van der Waals surface area contributed by atoms with E-state index in [2.05, 4.69) is 10.2 Å². The number of hydrogen-bond acceptors (Lipinski definition) is 3. The van der Waals surface area contributed by atoms with E-state index < -0.39 is 11.3 Å². The van der Waals surface area contributed by atoms with E-state index in [1.165, 1.54) is 16.1 Å². The van der Waals surface area contributed by atoms with Crippen LogP contribution < -0.4 is 5.69 Å². The number of nitrogens with one attached hydrogen (secondary N) is 1. The first kappa shape index (κ1) is 18.7. The Morgan fingerprint density at radius 1 is 1.20 bits per heavy atom. The van der Waals surface area contributed by atoms with Gasteiger partial charge in [-0.1, -0.05) is 19.1 Å². The van der Waals surface area contributed by atoms with Crippen LogP contribution in [0.15, 0.2) is 47.4 Å². The van der Waals surface area contributed by atoms with Crippen LogP contribution in [0, 0.1) is 12.3 Å². The summed E-state index contributed by atoms with van der Waals surface area (Å²) in [5.41, 5.74) is 4.11. The fourth-order valence-electron chi connectivity index (χ4n) is 4.02. The predicted molar refractivity (Wildman–Crippen MR) is 110 cm³/mol. The van der Waals surface area contributed by atoms with Gasteiger partial charge in [0.2, 0.25) is 0 Å². The molecule has 0 aliphatic heterocycles.